The smallest absolute Gasteiger partial charge is 0.335 e. The van der Waals surface area contributed by atoms with Crippen LogP contribution in [0, 0.1) is 17.1 Å². The van der Waals surface area contributed by atoms with Crippen LogP contribution in [0.1, 0.15) is 54.4 Å². The summed E-state index contributed by atoms with van der Waals surface area (Å²) >= 11 is 0. The number of nitrogens with one attached hydrogen (secondary N) is 1. The number of carboxylic acid groups (broad SMARTS) is 1. The number of carboxylic acids is 1. The molecule has 0 spiro atoms. The predicted molar refractivity (Wildman–Crippen MR) is 120 cm³/mol. The summed E-state index contributed by atoms with van der Waals surface area (Å²) in [5.74, 6) is -1.96. The van der Waals surface area contributed by atoms with Crippen molar-refractivity contribution in [1.29, 1.82) is 5.26 Å². The van der Waals surface area contributed by atoms with Crippen molar-refractivity contribution in [3.63, 3.8) is 0 Å². The molecule has 2 aliphatic rings. The molecular formula is C23H24FN3O5S. The van der Waals surface area contributed by atoms with Gasteiger partial charge in [0.05, 0.1) is 29.1 Å². The van der Waals surface area contributed by atoms with E-state index in [1.165, 1.54) is 24.3 Å². The Morgan fingerprint density at radius 1 is 1.18 bits per heavy atom. The molecular weight excluding hydrogens is 449 g/mol. The first kappa shape index (κ1) is 22.9. The van der Waals surface area contributed by atoms with Crippen LogP contribution in [-0.4, -0.2) is 38.7 Å². The van der Waals surface area contributed by atoms with Gasteiger partial charge >= 0.3 is 5.97 Å². The second-order valence-electron chi connectivity index (χ2n) is 8.22. The number of anilines is 2. The van der Waals surface area contributed by atoms with Crippen molar-refractivity contribution in [2.75, 3.05) is 22.8 Å². The van der Waals surface area contributed by atoms with Crippen molar-refractivity contribution in [1.82, 2.24) is 0 Å². The molecule has 2 N–H and O–H groups in total. The van der Waals surface area contributed by atoms with Crippen molar-refractivity contribution in [3.05, 3.63) is 47.3 Å². The van der Waals surface area contributed by atoms with E-state index in [1.54, 1.807) is 6.07 Å². The van der Waals surface area contributed by atoms with E-state index >= 15 is 0 Å². The van der Waals surface area contributed by atoms with Gasteiger partial charge in [0.2, 0.25) is 0 Å². The minimum Gasteiger partial charge on any atom is -0.492 e. The number of benzene rings is 2. The molecule has 2 aromatic rings. The van der Waals surface area contributed by atoms with Gasteiger partial charge in [0.25, 0.3) is 10.0 Å². The Balaban J connectivity index is 1.88. The van der Waals surface area contributed by atoms with Gasteiger partial charge in [0.15, 0.2) is 0 Å². The minimum absolute atomic E-state index is 0.0358. The molecule has 0 radical (unpaired) electrons. The molecule has 1 saturated heterocycles. The number of carbonyl (C=O) groups is 1. The minimum atomic E-state index is -4.32. The fourth-order valence-corrected chi connectivity index (χ4v) is 5.66. The van der Waals surface area contributed by atoms with Gasteiger partial charge in [-0.15, -0.1) is 0 Å². The van der Waals surface area contributed by atoms with Gasteiger partial charge in [0, 0.05) is 18.7 Å². The molecule has 33 heavy (non-hydrogen) atoms. The number of nitriles is 1. The number of piperidine rings is 1. The van der Waals surface area contributed by atoms with Crippen molar-refractivity contribution in [2.24, 2.45) is 0 Å². The summed E-state index contributed by atoms with van der Waals surface area (Å²) in [5.41, 5.74) is -0.0491. The normalized spacial score (nSPS) is 20.1. The number of hydrogen-bond acceptors (Lipinski definition) is 6. The Hall–Kier alpha value is -3.32. The Labute approximate surface area is 191 Å². The summed E-state index contributed by atoms with van der Waals surface area (Å²) in [6.07, 6.45) is 5.17. The van der Waals surface area contributed by atoms with E-state index < -0.39 is 21.8 Å². The van der Waals surface area contributed by atoms with Gasteiger partial charge in [-0.1, -0.05) is 0 Å². The Morgan fingerprint density at radius 2 is 1.94 bits per heavy atom. The number of nitrogens with zero attached hydrogens (tertiary/aromatic N) is 2. The second kappa shape index (κ2) is 9.27. The number of sulfonamides is 1. The molecule has 1 atom stereocenters. The van der Waals surface area contributed by atoms with Crippen molar-refractivity contribution in [2.45, 2.75) is 49.5 Å². The lowest BCUT2D eigenvalue weighted by molar-refractivity contribution is 0.0696. The highest BCUT2D eigenvalue weighted by molar-refractivity contribution is 7.92. The Morgan fingerprint density at radius 3 is 2.67 bits per heavy atom. The highest BCUT2D eigenvalue weighted by Gasteiger charge is 2.29. The predicted octanol–water partition coefficient (Wildman–Crippen LogP) is 4.12. The van der Waals surface area contributed by atoms with Crippen LogP contribution in [0.15, 0.2) is 35.2 Å². The third-order valence-corrected chi connectivity index (χ3v) is 7.44. The first-order valence-corrected chi connectivity index (χ1v) is 12.3. The lowest BCUT2D eigenvalue weighted by atomic mass is 9.96. The number of fused-ring (bicyclic) bond motifs is 4. The van der Waals surface area contributed by atoms with Crippen molar-refractivity contribution < 1.29 is 27.4 Å². The van der Waals surface area contributed by atoms with Crippen LogP contribution < -0.4 is 14.4 Å². The zero-order chi connectivity index (χ0) is 23.6. The maximum absolute atomic E-state index is 14.6. The van der Waals surface area contributed by atoms with Gasteiger partial charge in [-0.2, -0.15) is 5.26 Å². The third kappa shape index (κ3) is 4.73. The maximum atomic E-state index is 14.6. The highest BCUT2D eigenvalue weighted by atomic mass is 32.2. The SMILES string of the molecule is N#Cc1cc2c(cc1F)N1CCCC[C@H]1CCCCOc1ccc(C(=O)O)cc1S(=O)(=O)N2. The van der Waals surface area contributed by atoms with Gasteiger partial charge in [-0.3, -0.25) is 4.72 Å². The monoisotopic (exact) mass is 473 g/mol. The van der Waals surface area contributed by atoms with Crippen LogP contribution in [0.25, 0.3) is 0 Å². The highest BCUT2D eigenvalue weighted by Crippen LogP contribution is 2.37. The third-order valence-electron chi connectivity index (χ3n) is 6.06. The van der Waals surface area contributed by atoms with E-state index in [0.29, 0.717) is 18.7 Å². The maximum Gasteiger partial charge on any atom is 0.335 e. The Kier molecular flexibility index (Phi) is 6.42. The average molecular weight is 474 g/mol. The van der Waals surface area contributed by atoms with E-state index in [0.717, 1.165) is 38.2 Å². The molecule has 0 bridgehead atoms. The van der Waals surface area contributed by atoms with Gasteiger partial charge in [-0.25, -0.2) is 17.6 Å². The molecule has 8 nitrogen and oxygen atoms in total. The molecule has 0 saturated carbocycles. The van der Waals surface area contributed by atoms with Crippen LogP contribution in [0.5, 0.6) is 5.75 Å². The molecule has 174 valence electrons. The van der Waals surface area contributed by atoms with E-state index in [9.17, 15) is 28.0 Å². The number of aromatic carboxylic acids is 1. The number of halogens is 1. The number of hydrogen-bond donors (Lipinski definition) is 2. The van der Waals surface area contributed by atoms with Crippen LogP contribution in [0.3, 0.4) is 0 Å². The molecule has 2 aromatic carbocycles. The van der Waals surface area contributed by atoms with Gasteiger partial charge in [0.1, 0.15) is 22.5 Å². The summed E-state index contributed by atoms with van der Waals surface area (Å²) in [7, 11) is -4.32. The largest absolute Gasteiger partial charge is 0.492 e. The van der Waals surface area contributed by atoms with Crippen LogP contribution in [0.4, 0.5) is 15.8 Å². The van der Waals surface area contributed by atoms with Crippen LogP contribution in [0.2, 0.25) is 0 Å². The van der Waals surface area contributed by atoms with E-state index in [4.69, 9.17) is 4.74 Å². The summed E-state index contributed by atoms with van der Waals surface area (Å²) in [6, 6.07) is 7.91. The molecule has 10 heteroatoms. The van der Waals surface area contributed by atoms with Gasteiger partial charge < -0.3 is 14.7 Å². The van der Waals surface area contributed by atoms with E-state index in [2.05, 4.69) is 4.72 Å². The molecule has 0 aromatic heterocycles. The fraction of sp³-hybridized carbons (Fsp3) is 0.391. The second-order valence-corrected chi connectivity index (χ2v) is 9.87. The fourth-order valence-electron chi connectivity index (χ4n) is 4.42. The summed E-state index contributed by atoms with van der Waals surface area (Å²) in [6.45, 7) is 0.919. The molecule has 1 fully saturated rings. The van der Waals surface area contributed by atoms with E-state index in [1.807, 2.05) is 4.90 Å². The topological polar surface area (TPSA) is 120 Å². The molecule has 4 rings (SSSR count). The summed E-state index contributed by atoms with van der Waals surface area (Å²) in [5, 5.41) is 18.7. The van der Waals surface area contributed by atoms with Crippen LogP contribution in [-0.2, 0) is 10.0 Å². The van der Waals surface area contributed by atoms with Crippen molar-refractivity contribution >= 4 is 27.4 Å². The van der Waals surface area contributed by atoms with Crippen LogP contribution >= 0.6 is 0 Å². The van der Waals surface area contributed by atoms with Gasteiger partial charge in [-0.05, 0) is 62.8 Å². The first-order valence-electron chi connectivity index (χ1n) is 10.8. The first-order chi connectivity index (χ1) is 15.8. The number of ether oxygens (including phenoxy) is 1. The average Bonchev–Trinajstić information content (AvgIpc) is 2.80. The molecule has 0 amide bonds. The number of rotatable bonds is 1. The zero-order valence-corrected chi connectivity index (χ0v) is 18.7. The molecule has 0 unspecified atom stereocenters. The molecule has 0 aliphatic carbocycles. The molecule has 2 heterocycles. The van der Waals surface area contributed by atoms with E-state index in [-0.39, 0.29) is 40.1 Å². The Bertz CT molecular complexity index is 1230. The standard InChI is InChI=1S/C23H24FN3O5S/c24-18-13-20-19(11-16(18)14-25)26-33(30,31)22-12-15(23(28)29)7-8-21(22)32-10-4-2-6-17-5-1-3-9-27(17)20/h7-8,11-13,17,26H,1-6,9-10H2,(H,28,29)/t17-/m0/s1. The quantitative estimate of drug-likeness (QED) is 0.639. The molecule has 2 aliphatic heterocycles. The van der Waals surface area contributed by atoms with Crippen molar-refractivity contribution in [3.8, 4) is 11.8 Å². The summed E-state index contributed by atoms with van der Waals surface area (Å²) < 4.78 is 49.6. The zero-order valence-electron chi connectivity index (χ0n) is 17.9. The lowest BCUT2D eigenvalue weighted by Gasteiger charge is -2.39. The summed E-state index contributed by atoms with van der Waals surface area (Å²) in [4.78, 5) is 13.1. The lowest BCUT2D eigenvalue weighted by Crippen LogP contribution is -2.40.